The van der Waals surface area contributed by atoms with Gasteiger partial charge in [0.15, 0.2) is 0 Å². The number of carbonyl (C=O) groups is 1. The Morgan fingerprint density at radius 2 is 1.57 bits per heavy atom. The van der Waals surface area contributed by atoms with E-state index in [1.165, 1.54) is 5.57 Å². The smallest absolute Gasteiger partial charge is 0.241 e. The first-order chi connectivity index (χ1) is 10.1. The molecule has 128 valence electrons. The molecule has 0 radical (unpaired) electrons. The molecule has 0 spiro atoms. The van der Waals surface area contributed by atoms with Gasteiger partial charge in [0.25, 0.3) is 0 Å². The van der Waals surface area contributed by atoms with Crippen LogP contribution in [0.15, 0.2) is 11.3 Å². The molecule has 1 atom stereocenters. The van der Waals surface area contributed by atoms with Gasteiger partial charge in [-0.05, 0) is 32.9 Å². The summed E-state index contributed by atoms with van der Waals surface area (Å²) < 4.78 is 0. The molecule has 1 unspecified atom stereocenters. The normalized spacial score (nSPS) is 18.0. The summed E-state index contributed by atoms with van der Waals surface area (Å²) in [6, 6.07) is 0.0392. The zero-order valence-corrected chi connectivity index (χ0v) is 16.3. The Labute approximate surface area is 134 Å². The van der Waals surface area contributed by atoms with Crippen molar-refractivity contribution in [1.29, 1.82) is 0 Å². The molecular weight excluding hydrogens is 260 g/mol. The quantitative estimate of drug-likeness (QED) is 0.797. The molecule has 1 amide bonds. The topological polar surface area (TPSA) is 32.3 Å². The van der Waals surface area contributed by atoms with E-state index < -0.39 is 0 Å². The lowest BCUT2D eigenvalue weighted by Gasteiger charge is -2.24. The average molecular weight is 301 g/mol. The van der Waals surface area contributed by atoms with Gasteiger partial charge in [-0.15, -0.1) is 0 Å². The van der Waals surface area contributed by atoms with Crippen LogP contribution in [0.5, 0.6) is 0 Å². The maximum atomic E-state index is 11.9. The van der Waals surface area contributed by atoms with Crippen LogP contribution in [0, 0.1) is 0 Å². The fourth-order valence-corrected chi connectivity index (χ4v) is 1.93. The molecule has 1 heterocycles. The third-order valence-corrected chi connectivity index (χ3v) is 3.10. The van der Waals surface area contributed by atoms with Crippen molar-refractivity contribution in [2.24, 2.45) is 0 Å². The maximum absolute atomic E-state index is 11.9. The van der Waals surface area contributed by atoms with Crippen LogP contribution in [0.25, 0.3) is 0 Å². The zero-order valence-electron chi connectivity index (χ0n) is 16.3. The number of rotatable bonds is 3. The molecule has 0 aromatic carbocycles. The number of hydrogen-bond donors (Lipinski definition) is 1. The minimum atomic E-state index is 0.0392. The van der Waals surface area contributed by atoms with Crippen molar-refractivity contribution in [3.8, 4) is 0 Å². The summed E-state index contributed by atoms with van der Waals surface area (Å²) in [5.41, 5.74) is 2.27. The van der Waals surface area contributed by atoms with Gasteiger partial charge in [0.05, 0.1) is 6.04 Å². The van der Waals surface area contributed by atoms with Crippen molar-refractivity contribution >= 4 is 5.91 Å². The highest BCUT2D eigenvalue weighted by molar-refractivity contribution is 5.83. The maximum Gasteiger partial charge on any atom is 0.241 e. The second kappa shape index (κ2) is 17.2. The van der Waals surface area contributed by atoms with Gasteiger partial charge in [0, 0.05) is 12.2 Å². The lowest BCUT2D eigenvalue weighted by atomic mass is 10.1. The van der Waals surface area contributed by atoms with Crippen molar-refractivity contribution in [2.75, 3.05) is 13.6 Å². The molecule has 1 aliphatic rings. The monoisotopic (exact) mass is 300 g/mol. The highest BCUT2D eigenvalue weighted by atomic mass is 16.2. The van der Waals surface area contributed by atoms with Crippen LogP contribution < -0.4 is 5.32 Å². The predicted octanol–water partition coefficient (Wildman–Crippen LogP) is 4.98. The molecule has 21 heavy (non-hydrogen) atoms. The highest BCUT2D eigenvalue weighted by Crippen LogP contribution is 2.15. The third-order valence-electron chi connectivity index (χ3n) is 3.10. The van der Waals surface area contributed by atoms with Crippen molar-refractivity contribution in [2.45, 2.75) is 87.6 Å². The van der Waals surface area contributed by atoms with Crippen LogP contribution in [0.1, 0.15) is 81.6 Å². The van der Waals surface area contributed by atoms with E-state index in [0.717, 1.165) is 31.5 Å². The second-order valence-corrected chi connectivity index (χ2v) is 4.47. The molecule has 0 aliphatic carbocycles. The first-order valence-corrected chi connectivity index (χ1v) is 8.73. The molecule has 1 N–H and O–H groups in total. The van der Waals surface area contributed by atoms with Gasteiger partial charge in [-0.2, -0.15) is 0 Å². The van der Waals surface area contributed by atoms with E-state index in [-0.39, 0.29) is 11.9 Å². The number of likely N-dealkylation sites (N-methyl/N-ethyl adjacent to an activating group) is 1. The highest BCUT2D eigenvalue weighted by Gasteiger charge is 2.25. The van der Waals surface area contributed by atoms with E-state index in [1.54, 1.807) is 0 Å². The molecule has 3 heteroatoms. The Bertz CT molecular complexity index is 272. The Kier molecular flexibility index (Phi) is 20.6. The first kappa shape index (κ1) is 25.1. The molecule has 0 aromatic heterocycles. The minimum absolute atomic E-state index is 0.0392. The fourth-order valence-electron chi connectivity index (χ4n) is 1.93. The number of nitrogens with zero attached hydrogens (tertiary/aromatic N) is 1. The summed E-state index contributed by atoms with van der Waals surface area (Å²) in [4.78, 5) is 14.0. The molecule has 0 aromatic rings. The van der Waals surface area contributed by atoms with Gasteiger partial charge in [-0.1, -0.05) is 61.3 Å². The second-order valence-electron chi connectivity index (χ2n) is 4.47. The number of nitrogens with one attached hydrogen (secondary N) is 1. The molecule has 1 aliphatic heterocycles. The third kappa shape index (κ3) is 10.5. The van der Waals surface area contributed by atoms with Crippen LogP contribution in [0.3, 0.4) is 0 Å². The molecular formula is C18H40N2O. The average Bonchev–Trinajstić information content (AvgIpc) is 2.61. The minimum Gasteiger partial charge on any atom is -0.329 e. The van der Waals surface area contributed by atoms with Crippen molar-refractivity contribution < 1.29 is 4.79 Å². The zero-order chi connectivity index (χ0) is 17.4. The van der Waals surface area contributed by atoms with Gasteiger partial charge in [0.2, 0.25) is 5.91 Å². The number of unbranched alkanes of at least 4 members (excludes halogenated alkanes) is 1. The molecule has 0 bridgehead atoms. The van der Waals surface area contributed by atoms with E-state index >= 15 is 0 Å². The Morgan fingerprint density at radius 1 is 1.10 bits per heavy atom. The van der Waals surface area contributed by atoms with Gasteiger partial charge < -0.3 is 5.32 Å². The van der Waals surface area contributed by atoms with Crippen molar-refractivity contribution in [3.63, 3.8) is 0 Å². The summed E-state index contributed by atoms with van der Waals surface area (Å²) in [7, 11) is 2.03. The van der Waals surface area contributed by atoms with Crippen LogP contribution >= 0.6 is 0 Å². The Morgan fingerprint density at radius 3 is 2.00 bits per heavy atom. The van der Waals surface area contributed by atoms with E-state index in [4.69, 9.17) is 0 Å². The first-order valence-electron chi connectivity index (χ1n) is 8.73. The number of allylic oxidation sites excluding steroid dienone is 1. The summed E-state index contributed by atoms with van der Waals surface area (Å²) in [5.74, 6) is 0.153. The SMILES string of the molecule is CC.CC.CC.CCCCC1C(=O)NC(C)=C(C)CN1C. The molecule has 0 saturated heterocycles. The summed E-state index contributed by atoms with van der Waals surface area (Å²) in [6.07, 6.45) is 3.21. The lowest BCUT2D eigenvalue weighted by Crippen LogP contribution is -2.42. The van der Waals surface area contributed by atoms with Gasteiger partial charge in [0.1, 0.15) is 0 Å². The number of hydrogen-bond acceptors (Lipinski definition) is 2. The van der Waals surface area contributed by atoms with Gasteiger partial charge >= 0.3 is 0 Å². The summed E-state index contributed by atoms with van der Waals surface area (Å²) >= 11 is 0. The number of amides is 1. The van der Waals surface area contributed by atoms with E-state index in [1.807, 2.05) is 55.5 Å². The van der Waals surface area contributed by atoms with Crippen molar-refractivity contribution in [3.05, 3.63) is 11.3 Å². The molecule has 0 fully saturated rings. The van der Waals surface area contributed by atoms with Crippen LogP contribution in [0.2, 0.25) is 0 Å². The predicted molar refractivity (Wildman–Crippen MR) is 96.5 cm³/mol. The largest absolute Gasteiger partial charge is 0.329 e. The van der Waals surface area contributed by atoms with Gasteiger partial charge in [-0.3, -0.25) is 9.69 Å². The van der Waals surface area contributed by atoms with Crippen LogP contribution in [-0.4, -0.2) is 30.4 Å². The fraction of sp³-hybridized carbons (Fsp3) is 0.833. The standard InChI is InChI=1S/C12H22N2O.3C2H6/c1-5-6-7-11-12(15)13-10(3)9(2)8-14(11)4;3*1-2/h11H,5-8H2,1-4H3,(H,13,15);3*1-2H3. The molecule has 0 saturated carbocycles. The van der Waals surface area contributed by atoms with Crippen LogP contribution in [0.4, 0.5) is 0 Å². The van der Waals surface area contributed by atoms with E-state index in [2.05, 4.69) is 24.1 Å². The van der Waals surface area contributed by atoms with E-state index in [0.29, 0.717) is 0 Å². The Hall–Kier alpha value is -0.830. The van der Waals surface area contributed by atoms with Crippen molar-refractivity contribution in [1.82, 2.24) is 10.2 Å². The van der Waals surface area contributed by atoms with Crippen LogP contribution in [-0.2, 0) is 4.79 Å². The van der Waals surface area contributed by atoms with Gasteiger partial charge in [-0.25, -0.2) is 0 Å². The molecule has 1 rings (SSSR count). The summed E-state index contributed by atoms with van der Waals surface area (Å²) in [5, 5.41) is 2.98. The Balaban J connectivity index is -0.000000478. The molecule has 3 nitrogen and oxygen atoms in total. The van der Waals surface area contributed by atoms with E-state index in [9.17, 15) is 4.79 Å². The lowest BCUT2D eigenvalue weighted by molar-refractivity contribution is -0.125. The number of carbonyl (C=O) groups excluding carboxylic acids is 1. The summed E-state index contributed by atoms with van der Waals surface area (Å²) in [6.45, 7) is 19.1.